The fourth-order valence-electron chi connectivity index (χ4n) is 3.75. The molecule has 7 heteroatoms. The van der Waals surface area contributed by atoms with Gasteiger partial charge in [-0.25, -0.2) is 4.98 Å². The van der Waals surface area contributed by atoms with Crippen molar-refractivity contribution in [2.45, 2.75) is 32.2 Å². The lowest BCUT2D eigenvalue weighted by atomic mass is 9.93. The second-order valence-corrected chi connectivity index (χ2v) is 7.22. The summed E-state index contributed by atoms with van der Waals surface area (Å²) in [5, 5.41) is 3.54. The molecule has 0 saturated carbocycles. The number of imidazole rings is 1. The van der Waals surface area contributed by atoms with Crippen LogP contribution in [0.1, 0.15) is 31.4 Å². The summed E-state index contributed by atoms with van der Waals surface area (Å²) in [6.45, 7) is 5.24. The minimum Gasteiger partial charge on any atom is -0.497 e. The van der Waals surface area contributed by atoms with E-state index in [0.717, 1.165) is 50.6 Å². The number of likely N-dealkylation sites (tertiary alicyclic amines) is 1. The molecule has 3 rings (SSSR count). The van der Waals surface area contributed by atoms with Gasteiger partial charge in [0.05, 0.1) is 19.5 Å². The van der Waals surface area contributed by atoms with Crippen molar-refractivity contribution in [2.75, 3.05) is 33.8 Å². The Kier molecular flexibility index (Phi) is 9.08. The van der Waals surface area contributed by atoms with Crippen LogP contribution in [0.15, 0.2) is 48.0 Å². The van der Waals surface area contributed by atoms with Crippen LogP contribution in [-0.2, 0) is 6.42 Å². The summed E-state index contributed by atoms with van der Waals surface area (Å²) in [6, 6.07) is 8.73. The molecule has 1 aliphatic rings. The molecule has 0 bridgehead atoms. The molecular formula is C21H32IN5O. The van der Waals surface area contributed by atoms with Gasteiger partial charge in [-0.05, 0) is 42.9 Å². The fourth-order valence-corrected chi connectivity index (χ4v) is 3.75. The van der Waals surface area contributed by atoms with Crippen molar-refractivity contribution in [3.05, 3.63) is 48.5 Å². The van der Waals surface area contributed by atoms with E-state index >= 15 is 0 Å². The van der Waals surface area contributed by atoms with Crippen LogP contribution in [0.5, 0.6) is 5.75 Å². The maximum absolute atomic E-state index is 5.30. The van der Waals surface area contributed by atoms with Crippen molar-refractivity contribution < 1.29 is 4.74 Å². The Morgan fingerprint density at radius 3 is 2.96 bits per heavy atom. The van der Waals surface area contributed by atoms with Crippen LogP contribution in [0.2, 0.25) is 0 Å². The molecule has 1 aromatic carbocycles. The van der Waals surface area contributed by atoms with Gasteiger partial charge < -0.3 is 19.5 Å². The fraction of sp³-hybridized carbons (Fsp3) is 0.524. The molecule has 1 N–H and O–H groups in total. The normalized spacial score (nSPS) is 19.8. The molecule has 1 saturated heterocycles. The van der Waals surface area contributed by atoms with Gasteiger partial charge in [-0.3, -0.25) is 4.99 Å². The van der Waals surface area contributed by atoms with Gasteiger partial charge >= 0.3 is 0 Å². The van der Waals surface area contributed by atoms with Gasteiger partial charge in [0.15, 0.2) is 5.96 Å². The van der Waals surface area contributed by atoms with Gasteiger partial charge in [-0.15, -0.1) is 24.0 Å². The average Bonchev–Trinajstić information content (AvgIpc) is 3.23. The van der Waals surface area contributed by atoms with Crippen LogP contribution >= 0.6 is 24.0 Å². The first kappa shape index (κ1) is 22.5. The molecule has 2 heterocycles. The van der Waals surface area contributed by atoms with Crippen LogP contribution in [0.25, 0.3) is 0 Å². The van der Waals surface area contributed by atoms with Crippen molar-refractivity contribution in [3.63, 3.8) is 0 Å². The zero-order valence-corrected chi connectivity index (χ0v) is 19.4. The quantitative estimate of drug-likeness (QED) is 0.287. The summed E-state index contributed by atoms with van der Waals surface area (Å²) in [4.78, 5) is 11.1. The standard InChI is InChI=1S/C21H31N5O.HI/c1-17-9-12-25(15-20(17)26-13-11-23-16-26)21(22-2)24-10-5-7-18-6-4-8-19(14-18)27-3;/h4,6,8,11,13-14,16-17,20H,5,7,9-10,12,15H2,1-3H3,(H,22,24);1H. The maximum atomic E-state index is 5.30. The topological polar surface area (TPSA) is 54.7 Å². The zero-order valence-electron chi connectivity index (χ0n) is 17.0. The Hall–Kier alpha value is -1.77. The minimum atomic E-state index is 0. The molecule has 2 atom stereocenters. The highest BCUT2D eigenvalue weighted by Gasteiger charge is 2.28. The minimum absolute atomic E-state index is 0. The van der Waals surface area contributed by atoms with E-state index in [0.29, 0.717) is 12.0 Å². The molecular weight excluding hydrogens is 465 g/mol. The Labute approximate surface area is 185 Å². The smallest absolute Gasteiger partial charge is 0.193 e. The largest absolute Gasteiger partial charge is 0.497 e. The number of methoxy groups -OCH3 is 1. The summed E-state index contributed by atoms with van der Waals surface area (Å²) in [7, 11) is 3.58. The van der Waals surface area contributed by atoms with E-state index in [-0.39, 0.29) is 24.0 Å². The SMILES string of the molecule is CN=C(NCCCc1cccc(OC)c1)N1CCC(C)C(n2ccnc2)C1.I. The molecule has 1 fully saturated rings. The highest BCUT2D eigenvalue weighted by Crippen LogP contribution is 2.27. The van der Waals surface area contributed by atoms with Crippen LogP contribution in [0.4, 0.5) is 0 Å². The number of ether oxygens (including phenoxy) is 1. The predicted octanol–water partition coefficient (Wildman–Crippen LogP) is 3.60. The number of aliphatic imine (C=N–C) groups is 1. The molecule has 154 valence electrons. The lowest BCUT2D eigenvalue weighted by molar-refractivity contribution is 0.189. The number of rotatable bonds is 6. The first-order valence-electron chi connectivity index (χ1n) is 9.77. The molecule has 28 heavy (non-hydrogen) atoms. The van der Waals surface area contributed by atoms with Gasteiger partial charge in [-0.1, -0.05) is 19.1 Å². The van der Waals surface area contributed by atoms with Crippen molar-refractivity contribution in [3.8, 4) is 5.75 Å². The van der Waals surface area contributed by atoms with E-state index in [9.17, 15) is 0 Å². The third-order valence-corrected chi connectivity index (χ3v) is 5.40. The summed E-state index contributed by atoms with van der Waals surface area (Å²) in [5.41, 5.74) is 1.30. The third kappa shape index (κ3) is 5.86. The molecule has 1 aliphatic heterocycles. The Balaban J connectivity index is 0.00000280. The number of nitrogens with one attached hydrogen (secondary N) is 1. The van der Waals surface area contributed by atoms with E-state index < -0.39 is 0 Å². The van der Waals surface area contributed by atoms with E-state index in [1.807, 2.05) is 31.7 Å². The first-order chi connectivity index (χ1) is 13.2. The highest BCUT2D eigenvalue weighted by atomic mass is 127. The van der Waals surface area contributed by atoms with Crippen molar-refractivity contribution >= 4 is 29.9 Å². The number of piperidine rings is 1. The van der Waals surface area contributed by atoms with Gasteiger partial charge in [0.2, 0.25) is 0 Å². The second-order valence-electron chi connectivity index (χ2n) is 7.22. The lowest BCUT2D eigenvalue weighted by Gasteiger charge is -2.39. The molecule has 0 aliphatic carbocycles. The predicted molar refractivity (Wildman–Crippen MR) is 125 cm³/mol. The van der Waals surface area contributed by atoms with Crippen LogP contribution < -0.4 is 10.1 Å². The Morgan fingerprint density at radius 2 is 2.25 bits per heavy atom. The van der Waals surface area contributed by atoms with Gasteiger partial charge in [-0.2, -0.15) is 0 Å². The van der Waals surface area contributed by atoms with Crippen LogP contribution in [0, 0.1) is 5.92 Å². The maximum Gasteiger partial charge on any atom is 0.193 e. The van der Waals surface area contributed by atoms with Gasteiger partial charge in [0, 0.05) is 39.1 Å². The molecule has 1 aromatic heterocycles. The number of nitrogens with zero attached hydrogens (tertiary/aromatic N) is 4. The first-order valence-corrected chi connectivity index (χ1v) is 9.77. The number of guanidine groups is 1. The van der Waals surface area contributed by atoms with Crippen LogP contribution in [-0.4, -0.2) is 54.2 Å². The molecule has 6 nitrogen and oxygen atoms in total. The summed E-state index contributed by atoms with van der Waals surface area (Å²) < 4.78 is 7.53. The average molecular weight is 497 g/mol. The van der Waals surface area contributed by atoms with E-state index in [2.05, 4.69) is 50.0 Å². The number of aryl methyl sites for hydroxylation is 1. The number of hydrogen-bond donors (Lipinski definition) is 1. The lowest BCUT2D eigenvalue weighted by Crippen LogP contribution is -2.49. The van der Waals surface area contributed by atoms with E-state index in [1.54, 1.807) is 7.11 Å². The van der Waals surface area contributed by atoms with Gasteiger partial charge in [0.25, 0.3) is 0 Å². The highest BCUT2D eigenvalue weighted by molar-refractivity contribution is 14.0. The Bertz CT molecular complexity index is 734. The Morgan fingerprint density at radius 1 is 1.39 bits per heavy atom. The van der Waals surface area contributed by atoms with E-state index in [1.165, 1.54) is 5.56 Å². The molecule has 2 aromatic rings. The van der Waals surface area contributed by atoms with Crippen molar-refractivity contribution in [1.29, 1.82) is 0 Å². The molecule has 0 amide bonds. The summed E-state index contributed by atoms with van der Waals surface area (Å²) in [6.07, 6.45) is 9.09. The van der Waals surface area contributed by atoms with Crippen molar-refractivity contribution in [1.82, 2.24) is 19.8 Å². The summed E-state index contributed by atoms with van der Waals surface area (Å²) in [5.74, 6) is 2.56. The molecule has 2 unspecified atom stereocenters. The third-order valence-electron chi connectivity index (χ3n) is 5.40. The number of aromatic nitrogens is 2. The zero-order chi connectivity index (χ0) is 19.1. The molecule has 0 radical (unpaired) electrons. The van der Waals surface area contributed by atoms with Crippen molar-refractivity contribution in [2.24, 2.45) is 10.9 Å². The number of halogens is 1. The number of hydrogen-bond acceptors (Lipinski definition) is 3. The monoisotopic (exact) mass is 497 g/mol. The number of benzene rings is 1. The van der Waals surface area contributed by atoms with Gasteiger partial charge in [0.1, 0.15) is 5.75 Å². The molecule has 0 spiro atoms. The second kappa shape index (κ2) is 11.3. The summed E-state index contributed by atoms with van der Waals surface area (Å²) >= 11 is 0. The van der Waals surface area contributed by atoms with E-state index in [4.69, 9.17) is 4.74 Å². The van der Waals surface area contributed by atoms with Crippen LogP contribution in [0.3, 0.4) is 0 Å².